The fraction of sp³-hybridized carbons (Fsp3) is 0.167. The maximum atomic E-state index is 13.3. The highest BCUT2D eigenvalue weighted by molar-refractivity contribution is 7.99. The molecule has 0 atom stereocenters. The fourth-order valence-electron chi connectivity index (χ4n) is 3.32. The molecule has 0 aliphatic heterocycles. The van der Waals surface area contributed by atoms with Crippen molar-refractivity contribution in [2.24, 2.45) is 0 Å². The maximum absolute atomic E-state index is 13.3. The van der Waals surface area contributed by atoms with Crippen molar-refractivity contribution in [3.05, 3.63) is 84.2 Å². The highest BCUT2D eigenvalue weighted by Crippen LogP contribution is 2.33. The molecule has 0 aliphatic rings. The Kier molecular flexibility index (Phi) is 7.35. The number of nitrogens with zero attached hydrogens (tertiary/aromatic N) is 4. The Morgan fingerprint density at radius 2 is 1.91 bits per heavy atom. The summed E-state index contributed by atoms with van der Waals surface area (Å²) in [5, 5.41) is 11.4. The van der Waals surface area contributed by atoms with Crippen molar-refractivity contribution in [2.75, 3.05) is 12.9 Å². The molecule has 0 fully saturated rings. The Morgan fingerprint density at radius 1 is 1.09 bits per heavy atom. The highest BCUT2D eigenvalue weighted by Gasteiger charge is 2.31. The molecule has 0 bridgehead atoms. The Labute approximate surface area is 203 Å². The molecule has 0 spiro atoms. The minimum atomic E-state index is -4.51. The molecular weight excluding hydrogens is 479 g/mol. The van der Waals surface area contributed by atoms with Crippen molar-refractivity contribution >= 4 is 17.7 Å². The number of para-hydroxylation sites is 1. The maximum Gasteiger partial charge on any atom is 0.416 e. The van der Waals surface area contributed by atoms with Gasteiger partial charge in [-0.1, -0.05) is 36.0 Å². The third kappa shape index (κ3) is 5.80. The number of aromatic nitrogens is 4. The van der Waals surface area contributed by atoms with Gasteiger partial charge in [0.05, 0.1) is 24.1 Å². The molecule has 4 aromatic rings. The van der Waals surface area contributed by atoms with E-state index in [1.807, 2.05) is 18.2 Å². The van der Waals surface area contributed by atoms with Gasteiger partial charge in [0.25, 0.3) is 0 Å². The summed E-state index contributed by atoms with van der Waals surface area (Å²) in [6.07, 6.45) is -1.39. The molecular formula is C24H20F3N5O2S. The van der Waals surface area contributed by atoms with E-state index < -0.39 is 11.7 Å². The lowest BCUT2D eigenvalue weighted by Crippen LogP contribution is -2.25. The van der Waals surface area contributed by atoms with Gasteiger partial charge in [0.1, 0.15) is 5.75 Å². The quantitative estimate of drug-likeness (QED) is 0.352. The number of pyridine rings is 1. The van der Waals surface area contributed by atoms with Gasteiger partial charge in [-0.15, -0.1) is 10.2 Å². The fourth-order valence-corrected chi connectivity index (χ4v) is 4.11. The van der Waals surface area contributed by atoms with E-state index in [1.165, 1.54) is 16.7 Å². The Morgan fingerprint density at radius 3 is 2.66 bits per heavy atom. The number of nitrogens with one attached hydrogen (secondary N) is 1. The van der Waals surface area contributed by atoms with Crippen LogP contribution in [0.25, 0.3) is 17.1 Å². The number of alkyl halides is 3. The van der Waals surface area contributed by atoms with Gasteiger partial charge in [0, 0.05) is 30.1 Å². The summed E-state index contributed by atoms with van der Waals surface area (Å²) in [5.41, 5.74) is 0.816. The first kappa shape index (κ1) is 24.3. The summed E-state index contributed by atoms with van der Waals surface area (Å²) in [6.45, 7) is 0.269. The number of rotatable bonds is 8. The first-order valence-corrected chi connectivity index (χ1v) is 11.4. The van der Waals surface area contributed by atoms with E-state index in [4.69, 9.17) is 4.74 Å². The number of methoxy groups -OCH3 is 1. The predicted octanol–water partition coefficient (Wildman–Crippen LogP) is 4.77. The van der Waals surface area contributed by atoms with Crippen molar-refractivity contribution in [2.45, 2.75) is 17.9 Å². The predicted molar refractivity (Wildman–Crippen MR) is 125 cm³/mol. The second-order valence-electron chi connectivity index (χ2n) is 7.31. The largest absolute Gasteiger partial charge is 0.496 e. The van der Waals surface area contributed by atoms with Gasteiger partial charge in [-0.2, -0.15) is 13.2 Å². The molecule has 7 nitrogen and oxygen atoms in total. The van der Waals surface area contributed by atoms with Crippen LogP contribution in [0.15, 0.2) is 78.2 Å². The number of hydrogen-bond acceptors (Lipinski definition) is 6. The van der Waals surface area contributed by atoms with Crippen LogP contribution in [-0.4, -0.2) is 38.5 Å². The van der Waals surface area contributed by atoms with E-state index in [1.54, 1.807) is 37.7 Å². The van der Waals surface area contributed by atoms with Crippen LogP contribution in [-0.2, 0) is 17.5 Å². The van der Waals surface area contributed by atoms with Crippen molar-refractivity contribution in [3.8, 4) is 22.8 Å². The number of carbonyl (C=O) groups excluding carboxylic acids is 1. The minimum absolute atomic E-state index is 0.0146. The van der Waals surface area contributed by atoms with Crippen LogP contribution in [0.1, 0.15) is 11.1 Å². The van der Waals surface area contributed by atoms with E-state index >= 15 is 0 Å². The van der Waals surface area contributed by atoms with E-state index in [-0.39, 0.29) is 29.0 Å². The first-order valence-electron chi connectivity index (χ1n) is 10.4. The van der Waals surface area contributed by atoms with Gasteiger partial charge in [-0.3, -0.25) is 14.3 Å². The zero-order valence-electron chi connectivity index (χ0n) is 18.5. The van der Waals surface area contributed by atoms with Crippen molar-refractivity contribution in [1.29, 1.82) is 0 Å². The molecule has 2 heterocycles. The van der Waals surface area contributed by atoms with Crippen LogP contribution in [0.2, 0.25) is 0 Å². The summed E-state index contributed by atoms with van der Waals surface area (Å²) in [5.74, 6) is 0.682. The normalized spacial score (nSPS) is 11.3. The summed E-state index contributed by atoms with van der Waals surface area (Å²) >= 11 is 1.07. The molecule has 1 N–H and O–H groups in total. The van der Waals surface area contributed by atoms with E-state index in [2.05, 4.69) is 20.5 Å². The molecule has 0 radical (unpaired) electrons. The van der Waals surface area contributed by atoms with Crippen LogP contribution in [0, 0.1) is 0 Å². The molecule has 1 amide bonds. The van der Waals surface area contributed by atoms with Gasteiger partial charge in [0.15, 0.2) is 11.0 Å². The van der Waals surface area contributed by atoms with Gasteiger partial charge in [-0.05, 0) is 36.4 Å². The van der Waals surface area contributed by atoms with Gasteiger partial charge in [-0.25, -0.2) is 0 Å². The molecule has 180 valence electrons. The van der Waals surface area contributed by atoms with E-state index in [0.717, 1.165) is 29.5 Å². The molecule has 0 aliphatic carbocycles. The summed E-state index contributed by atoms with van der Waals surface area (Å²) in [4.78, 5) is 16.6. The van der Waals surface area contributed by atoms with Crippen LogP contribution in [0.4, 0.5) is 13.2 Å². The van der Waals surface area contributed by atoms with Crippen LogP contribution >= 0.6 is 11.8 Å². The molecule has 0 unspecified atom stereocenters. The van der Waals surface area contributed by atoms with Gasteiger partial charge >= 0.3 is 6.18 Å². The monoisotopic (exact) mass is 499 g/mol. The zero-order valence-corrected chi connectivity index (χ0v) is 19.3. The lowest BCUT2D eigenvalue weighted by molar-refractivity contribution is -0.137. The molecule has 2 aromatic carbocycles. The lowest BCUT2D eigenvalue weighted by Gasteiger charge is -2.13. The first-order chi connectivity index (χ1) is 16.9. The van der Waals surface area contributed by atoms with Crippen LogP contribution < -0.4 is 10.1 Å². The topological polar surface area (TPSA) is 81.9 Å². The van der Waals surface area contributed by atoms with Crippen LogP contribution in [0.3, 0.4) is 0 Å². The number of carbonyl (C=O) groups is 1. The number of ether oxygens (including phenoxy) is 1. The average molecular weight is 500 g/mol. The molecule has 0 saturated heterocycles. The highest BCUT2D eigenvalue weighted by atomic mass is 32.2. The number of thioether (sulfide) groups is 1. The zero-order chi connectivity index (χ0) is 24.8. The Hall–Kier alpha value is -3.86. The number of halogens is 3. The SMILES string of the molecule is COc1ccccc1CNC(=O)CSc1nnc(-c2cccnc2)n1-c1cccc(C(F)(F)F)c1. The minimum Gasteiger partial charge on any atom is -0.496 e. The Bertz CT molecular complexity index is 1310. The van der Waals surface area contributed by atoms with Gasteiger partial charge in [0.2, 0.25) is 5.91 Å². The lowest BCUT2D eigenvalue weighted by atomic mass is 10.2. The summed E-state index contributed by atoms with van der Waals surface area (Å²) in [6, 6.07) is 15.6. The smallest absolute Gasteiger partial charge is 0.416 e. The van der Waals surface area contributed by atoms with E-state index in [0.29, 0.717) is 17.1 Å². The summed E-state index contributed by atoms with van der Waals surface area (Å²) < 4.78 is 46.8. The molecule has 35 heavy (non-hydrogen) atoms. The second-order valence-corrected chi connectivity index (χ2v) is 8.25. The van der Waals surface area contributed by atoms with Gasteiger partial charge < -0.3 is 10.1 Å². The number of amides is 1. The average Bonchev–Trinajstić information content (AvgIpc) is 3.30. The van der Waals surface area contributed by atoms with Crippen LogP contribution in [0.5, 0.6) is 5.75 Å². The Balaban J connectivity index is 1.57. The number of benzene rings is 2. The molecule has 4 rings (SSSR count). The summed E-state index contributed by atoms with van der Waals surface area (Å²) in [7, 11) is 1.55. The van der Waals surface area contributed by atoms with Crippen molar-refractivity contribution in [1.82, 2.24) is 25.1 Å². The standard InChI is InChI=1S/C24H20F3N5O2S/c1-34-20-10-3-2-6-16(20)14-29-21(33)15-35-23-31-30-22(17-7-5-11-28-13-17)32(23)19-9-4-8-18(12-19)24(25,26)27/h2-13H,14-15H2,1H3,(H,29,33). The van der Waals surface area contributed by atoms with Crippen molar-refractivity contribution < 1.29 is 22.7 Å². The molecule has 11 heteroatoms. The second kappa shape index (κ2) is 10.6. The number of hydrogen-bond donors (Lipinski definition) is 1. The third-order valence-corrected chi connectivity index (χ3v) is 5.91. The molecule has 0 saturated carbocycles. The molecule has 2 aromatic heterocycles. The van der Waals surface area contributed by atoms with E-state index in [9.17, 15) is 18.0 Å². The third-order valence-electron chi connectivity index (χ3n) is 4.99. The van der Waals surface area contributed by atoms with Crippen molar-refractivity contribution in [3.63, 3.8) is 0 Å².